The number of anilines is 2. The number of fused-ring (bicyclic) bond motifs is 1. The SMILES string of the molecule is Cc1csc(NC(=O)C2(C)Sc3ccccc3NC2=O)n1. The van der Waals surface area contributed by atoms with Crippen LogP contribution < -0.4 is 10.6 Å². The largest absolute Gasteiger partial charge is 0.323 e. The van der Waals surface area contributed by atoms with Crippen LogP contribution in [0.25, 0.3) is 0 Å². The number of aryl methyl sites for hydroxylation is 1. The van der Waals surface area contributed by atoms with Gasteiger partial charge in [-0.2, -0.15) is 0 Å². The summed E-state index contributed by atoms with van der Waals surface area (Å²) < 4.78 is -1.21. The summed E-state index contributed by atoms with van der Waals surface area (Å²) in [5.74, 6) is -0.689. The Morgan fingerprint density at radius 3 is 2.86 bits per heavy atom. The zero-order valence-corrected chi connectivity index (χ0v) is 13.1. The van der Waals surface area contributed by atoms with E-state index < -0.39 is 4.75 Å². The van der Waals surface area contributed by atoms with Gasteiger partial charge in [0.2, 0.25) is 5.91 Å². The number of nitrogens with zero attached hydrogens (tertiary/aromatic N) is 1. The lowest BCUT2D eigenvalue weighted by molar-refractivity contribution is -0.126. The lowest BCUT2D eigenvalue weighted by Crippen LogP contribution is -2.49. The zero-order chi connectivity index (χ0) is 15.0. The number of aromatic nitrogens is 1. The Morgan fingerprint density at radius 1 is 1.38 bits per heavy atom. The molecular weight excluding hydrogens is 306 g/mol. The van der Waals surface area contributed by atoms with Gasteiger partial charge in [-0.3, -0.25) is 9.59 Å². The predicted molar refractivity (Wildman–Crippen MR) is 84.8 cm³/mol. The summed E-state index contributed by atoms with van der Waals surface area (Å²) in [6.07, 6.45) is 0. The molecule has 3 rings (SSSR count). The molecular formula is C14H13N3O2S2. The molecule has 0 radical (unpaired) electrons. The number of amides is 2. The number of thioether (sulfide) groups is 1. The molecule has 2 heterocycles. The van der Waals surface area contributed by atoms with Gasteiger partial charge in [0.15, 0.2) is 9.88 Å². The number of carbonyl (C=O) groups is 2. The highest BCUT2D eigenvalue weighted by Crippen LogP contribution is 2.42. The van der Waals surface area contributed by atoms with Crippen LogP contribution in [0.3, 0.4) is 0 Å². The standard InChI is InChI=1S/C14H13N3O2S2/c1-8-7-20-13(15-8)17-12(19)14(2)11(18)16-9-5-3-4-6-10(9)21-14/h3-7H,1-2H3,(H,16,18)(H,15,17,19). The Kier molecular flexibility index (Phi) is 3.46. The van der Waals surface area contributed by atoms with Crippen LogP contribution in [0, 0.1) is 6.92 Å². The summed E-state index contributed by atoms with van der Waals surface area (Å²) in [6.45, 7) is 3.48. The summed E-state index contributed by atoms with van der Waals surface area (Å²) in [5.41, 5.74) is 1.58. The van der Waals surface area contributed by atoms with Crippen LogP contribution in [-0.4, -0.2) is 21.5 Å². The van der Waals surface area contributed by atoms with Crippen molar-refractivity contribution in [1.82, 2.24) is 4.98 Å². The maximum absolute atomic E-state index is 12.5. The number of hydrogen-bond donors (Lipinski definition) is 2. The molecule has 1 atom stereocenters. The fraction of sp³-hybridized carbons (Fsp3) is 0.214. The zero-order valence-electron chi connectivity index (χ0n) is 11.5. The molecule has 0 bridgehead atoms. The molecule has 108 valence electrons. The summed E-state index contributed by atoms with van der Waals surface area (Å²) in [7, 11) is 0. The quantitative estimate of drug-likeness (QED) is 0.835. The van der Waals surface area contributed by atoms with E-state index in [-0.39, 0.29) is 11.8 Å². The first-order valence-corrected chi connectivity index (χ1v) is 8.02. The summed E-state index contributed by atoms with van der Waals surface area (Å²) in [6, 6.07) is 7.44. The number of nitrogens with one attached hydrogen (secondary N) is 2. The molecule has 21 heavy (non-hydrogen) atoms. The van der Waals surface area contributed by atoms with E-state index in [1.807, 2.05) is 36.6 Å². The lowest BCUT2D eigenvalue weighted by Gasteiger charge is -2.31. The second-order valence-corrected chi connectivity index (χ2v) is 7.15. The van der Waals surface area contributed by atoms with Crippen LogP contribution in [0.15, 0.2) is 34.5 Å². The smallest absolute Gasteiger partial charge is 0.252 e. The third-order valence-corrected chi connectivity index (χ3v) is 5.39. The van der Waals surface area contributed by atoms with Crippen molar-refractivity contribution in [2.75, 3.05) is 10.6 Å². The van der Waals surface area contributed by atoms with E-state index in [4.69, 9.17) is 0 Å². The van der Waals surface area contributed by atoms with Crippen molar-refractivity contribution in [3.05, 3.63) is 35.3 Å². The molecule has 0 saturated carbocycles. The molecule has 0 saturated heterocycles. The Labute approximate surface area is 130 Å². The summed E-state index contributed by atoms with van der Waals surface area (Å²) in [5, 5.41) is 7.86. The van der Waals surface area contributed by atoms with Crippen molar-refractivity contribution in [3.8, 4) is 0 Å². The Bertz CT molecular complexity index is 729. The average Bonchev–Trinajstić information content (AvgIpc) is 2.85. The topological polar surface area (TPSA) is 71.1 Å². The van der Waals surface area contributed by atoms with Gasteiger partial charge in [-0.05, 0) is 26.0 Å². The number of hydrogen-bond acceptors (Lipinski definition) is 5. The van der Waals surface area contributed by atoms with Crippen molar-refractivity contribution < 1.29 is 9.59 Å². The van der Waals surface area contributed by atoms with E-state index in [9.17, 15) is 9.59 Å². The van der Waals surface area contributed by atoms with Gasteiger partial charge in [0, 0.05) is 10.3 Å². The lowest BCUT2D eigenvalue weighted by atomic mass is 10.1. The minimum atomic E-state index is -1.21. The molecule has 7 heteroatoms. The number of carbonyl (C=O) groups excluding carboxylic acids is 2. The molecule has 0 aliphatic carbocycles. The molecule has 2 N–H and O–H groups in total. The highest BCUT2D eigenvalue weighted by Gasteiger charge is 2.46. The summed E-state index contributed by atoms with van der Waals surface area (Å²) in [4.78, 5) is 29.9. The van der Waals surface area contributed by atoms with Gasteiger partial charge in [0.05, 0.1) is 11.4 Å². The van der Waals surface area contributed by atoms with Crippen LogP contribution >= 0.6 is 23.1 Å². The van der Waals surface area contributed by atoms with Gasteiger partial charge in [0.25, 0.3) is 5.91 Å². The van der Waals surface area contributed by atoms with Crippen LogP contribution in [0.5, 0.6) is 0 Å². The number of para-hydroxylation sites is 1. The third kappa shape index (κ3) is 2.54. The summed E-state index contributed by atoms with van der Waals surface area (Å²) >= 11 is 2.60. The minimum absolute atomic E-state index is 0.322. The van der Waals surface area contributed by atoms with Crippen LogP contribution in [0.4, 0.5) is 10.8 Å². The molecule has 1 aromatic carbocycles. The average molecular weight is 319 g/mol. The van der Waals surface area contributed by atoms with Gasteiger partial charge < -0.3 is 10.6 Å². The second-order valence-electron chi connectivity index (χ2n) is 4.83. The van der Waals surface area contributed by atoms with Crippen molar-refractivity contribution in [3.63, 3.8) is 0 Å². The highest BCUT2D eigenvalue weighted by molar-refractivity contribution is 8.02. The van der Waals surface area contributed by atoms with Crippen LogP contribution in [-0.2, 0) is 9.59 Å². The first-order valence-electron chi connectivity index (χ1n) is 6.32. The minimum Gasteiger partial charge on any atom is -0.323 e. The van der Waals surface area contributed by atoms with Crippen molar-refractivity contribution in [2.45, 2.75) is 23.5 Å². The van der Waals surface area contributed by atoms with Gasteiger partial charge in [0.1, 0.15) is 0 Å². The van der Waals surface area contributed by atoms with E-state index in [0.717, 1.165) is 16.3 Å². The first-order chi connectivity index (χ1) is 9.99. The monoisotopic (exact) mass is 319 g/mol. The van der Waals surface area contributed by atoms with Crippen LogP contribution in [0.2, 0.25) is 0 Å². The molecule has 0 fully saturated rings. The molecule has 5 nitrogen and oxygen atoms in total. The number of rotatable bonds is 2. The van der Waals surface area contributed by atoms with Gasteiger partial charge in [-0.25, -0.2) is 4.98 Å². The number of benzene rings is 1. The fourth-order valence-corrected chi connectivity index (χ4v) is 3.73. The molecule has 1 aliphatic heterocycles. The molecule has 2 aromatic rings. The molecule has 1 unspecified atom stereocenters. The third-order valence-electron chi connectivity index (χ3n) is 3.16. The Morgan fingerprint density at radius 2 is 2.14 bits per heavy atom. The van der Waals surface area contributed by atoms with Gasteiger partial charge in [-0.1, -0.05) is 23.9 Å². The first kappa shape index (κ1) is 14.1. The van der Waals surface area contributed by atoms with Crippen LogP contribution in [0.1, 0.15) is 12.6 Å². The van der Waals surface area contributed by atoms with Gasteiger partial charge >= 0.3 is 0 Å². The van der Waals surface area contributed by atoms with E-state index in [2.05, 4.69) is 15.6 Å². The normalized spacial score (nSPS) is 20.6. The fourth-order valence-electron chi connectivity index (χ4n) is 1.94. The molecule has 0 spiro atoms. The van der Waals surface area contributed by atoms with E-state index >= 15 is 0 Å². The molecule has 1 aromatic heterocycles. The van der Waals surface area contributed by atoms with Crippen molar-refractivity contribution in [1.29, 1.82) is 0 Å². The predicted octanol–water partition coefficient (Wildman–Crippen LogP) is 2.89. The van der Waals surface area contributed by atoms with Crippen molar-refractivity contribution >= 4 is 45.7 Å². The second kappa shape index (κ2) is 5.16. The number of thiazole rings is 1. The maximum Gasteiger partial charge on any atom is 0.252 e. The Balaban J connectivity index is 1.86. The molecule has 2 amide bonds. The Hall–Kier alpha value is -1.86. The maximum atomic E-state index is 12.5. The van der Waals surface area contributed by atoms with E-state index in [0.29, 0.717) is 5.13 Å². The highest BCUT2D eigenvalue weighted by atomic mass is 32.2. The van der Waals surface area contributed by atoms with E-state index in [1.165, 1.54) is 23.1 Å². The van der Waals surface area contributed by atoms with Crippen molar-refractivity contribution in [2.24, 2.45) is 0 Å². The van der Waals surface area contributed by atoms with E-state index in [1.54, 1.807) is 6.92 Å². The molecule has 1 aliphatic rings. The van der Waals surface area contributed by atoms with Gasteiger partial charge in [-0.15, -0.1) is 11.3 Å².